The Morgan fingerprint density at radius 2 is 1.25 bits per heavy atom. The van der Waals surface area contributed by atoms with Gasteiger partial charge in [0.25, 0.3) is 5.91 Å². The van der Waals surface area contributed by atoms with Gasteiger partial charge in [0.15, 0.2) is 0 Å². The van der Waals surface area contributed by atoms with Gasteiger partial charge in [0, 0.05) is 5.56 Å². The van der Waals surface area contributed by atoms with Crippen molar-refractivity contribution in [3.8, 4) is 11.1 Å². The van der Waals surface area contributed by atoms with Crippen LogP contribution in [0.4, 0.5) is 0 Å². The van der Waals surface area contributed by atoms with Crippen LogP contribution in [0.2, 0.25) is 0 Å². The summed E-state index contributed by atoms with van der Waals surface area (Å²) in [5.41, 5.74) is 5.57. The lowest BCUT2D eigenvalue weighted by Crippen LogP contribution is -2.18. The van der Waals surface area contributed by atoms with Crippen molar-refractivity contribution < 1.29 is 15.1 Å². The standard InChI is InChI=1S/C20H17NO3/c22-19(17-10-12-18(13-11-17)20(23)21-24)16-8-6-15(7-9-16)14-4-2-1-3-5-14/h1-13,19,22,24H,(H,21,23). The van der Waals surface area contributed by atoms with E-state index >= 15 is 0 Å². The predicted octanol–water partition coefficient (Wildman–Crippen LogP) is 3.55. The van der Waals surface area contributed by atoms with Crippen molar-refractivity contribution in [1.29, 1.82) is 0 Å². The number of hydrogen-bond acceptors (Lipinski definition) is 3. The van der Waals surface area contributed by atoms with Gasteiger partial charge < -0.3 is 5.11 Å². The highest BCUT2D eigenvalue weighted by Crippen LogP contribution is 2.25. The third kappa shape index (κ3) is 3.35. The monoisotopic (exact) mass is 319 g/mol. The maximum atomic E-state index is 11.3. The molecule has 120 valence electrons. The van der Waals surface area contributed by atoms with Gasteiger partial charge in [-0.25, -0.2) is 5.48 Å². The van der Waals surface area contributed by atoms with Crippen molar-refractivity contribution in [3.05, 3.63) is 95.6 Å². The first-order chi connectivity index (χ1) is 11.7. The van der Waals surface area contributed by atoms with Crippen molar-refractivity contribution in [2.24, 2.45) is 0 Å². The fourth-order valence-corrected chi connectivity index (χ4v) is 2.56. The molecule has 4 nitrogen and oxygen atoms in total. The van der Waals surface area contributed by atoms with E-state index in [0.29, 0.717) is 11.1 Å². The topological polar surface area (TPSA) is 69.6 Å². The van der Waals surface area contributed by atoms with Gasteiger partial charge in [0.1, 0.15) is 6.10 Å². The van der Waals surface area contributed by atoms with Crippen molar-refractivity contribution in [2.75, 3.05) is 0 Å². The smallest absolute Gasteiger partial charge is 0.274 e. The average molecular weight is 319 g/mol. The summed E-state index contributed by atoms with van der Waals surface area (Å²) < 4.78 is 0. The summed E-state index contributed by atoms with van der Waals surface area (Å²) in [4.78, 5) is 11.3. The first-order valence-corrected chi connectivity index (χ1v) is 7.57. The summed E-state index contributed by atoms with van der Waals surface area (Å²) in [6.45, 7) is 0. The molecule has 0 spiro atoms. The molecule has 0 radical (unpaired) electrons. The van der Waals surface area contributed by atoms with Crippen LogP contribution in [0.5, 0.6) is 0 Å². The second-order valence-electron chi connectivity index (χ2n) is 5.45. The summed E-state index contributed by atoms with van der Waals surface area (Å²) in [6.07, 6.45) is -0.777. The van der Waals surface area contributed by atoms with E-state index in [9.17, 15) is 9.90 Å². The largest absolute Gasteiger partial charge is 0.384 e. The highest BCUT2D eigenvalue weighted by Gasteiger charge is 2.12. The van der Waals surface area contributed by atoms with E-state index < -0.39 is 12.0 Å². The normalized spacial score (nSPS) is 11.8. The minimum absolute atomic E-state index is 0.327. The molecule has 3 aromatic carbocycles. The number of hydroxylamine groups is 1. The van der Waals surface area contributed by atoms with Gasteiger partial charge in [0.05, 0.1) is 0 Å². The molecule has 0 saturated heterocycles. The van der Waals surface area contributed by atoms with Crippen LogP contribution >= 0.6 is 0 Å². The zero-order chi connectivity index (χ0) is 16.9. The van der Waals surface area contributed by atoms with Crippen molar-refractivity contribution in [3.63, 3.8) is 0 Å². The summed E-state index contributed by atoms with van der Waals surface area (Å²) in [6, 6.07) is 24.2. The molecule has 0 aliphatic carbocycles. The van der Waals surface area contributed by atoms with Gasteiger partial charge in [-0.15, -0.1) is 0 Å². The number of aliphatic hydroxyl groups is 1. The summed E-state index contributed by atoms with van der Waals surface area (Å²) in [5.74, 6) is -0.580. The van der Waals surface area contributed by atoms with Crippen LogP contribution in [0.1, 0.15) is 27.6 Å². The Bertz CT molecular complexity index is 812. The van der Waals surface area contributed by atoms with E-state index in [-0.39, 0.29) is 0 Å². The Kier molecular flexibility index (Phi) is 4.70. The predicted molar refractivity (Wildman–Crippen MR) is 91.6 cm³/mol. The molecule has 0 heterocycles. The first-order valence-electron chi connectivity index (χ1n) is 7.57. The van der Waals surface area contributed by atoms with E-state index in [1.165, 1.54) is 0 Å². The maximum Gasteiger partial charge on any atom is 0.274 e. The third-order valence-corrected chi connectivity index (χ3v) is 3.92. The van der Waals surface area contributed by atoms with Gasteiger partial charge in [0.2, 0.25) is 0 Å². The fraction of sp³-hybridized carbons (Fsp3) is 0.0500. The maximum absolute atomic E-state index is 11.3. The Hall–Kier alpha value is -2.95. The van der Waals surface area contributed by atoms with Crippen LogP contribution in [0.15, 0.2) is 78.9 Å². The van der Waals surface area contributed by atoms with Gasteiger partial charge in [-0.05, 0) is 34.4 Å². The van der Waals surface area contributed by atoms with Crippen LogP contribution in [-0.2, 0) is 0 Å². The summed E-state index contributed by atoms with van der Waals surface area (Å²) in [5, 5.41) is 19.1. The highest BCUT2D eigenvalue weighted by molar-refractivity contribution is 5.93. The zero-order valence-electron chi connectivity index (χ0n) is 12.9. The molecular formula is C20H17NO3. The molecule has 3 rings (SSSR count). The second kappa shape index (κ2) is 7.08. The van der Waals surface area contributed by atoms with Gasteiger partial charge in [-0.1, -0.05) is 66.7 Å². The molecule has 0 aliphatic rings. The molecule has 1 atom stereocenters. The molecule has 24 heavy (non-hydrogen) atoms. The number of benzene rings is 3. The SMILES string of the molecule is O=C(NO)c1ccc(C(O)c2ccc(-c3ccccc3)cc2)cc1. The number of aliphatic hydroxyl groups excluding tert-OH is 1. The minimum atomic E-state index is -0.777. The fourth-order valence-electron chi connectivity index (χ4n) is 2.56. The lowest BCUT2D eigenvalue weighted by molar-refractivity contribution is 0.0706. The molecule has 3 aromatic rings. The van der Waals surface area contributed by atoms with Crippen LogP contribution < -0.4 is 5.48 Å². The molecule has 0 fully saturated rings. The van der Waals surface area contributed by atoms with Crippen LogP contribution in [0.3, 0.4) is 0 Å². The number of carbonyl (C=O) groups excluding carboxylic acids is 1. The lowest BCUT2D eigenvalue weighted by Gasteiger charge is -2.13. The molecule has 0 bridgehead atoms. The van der Waals surface area contributed by atoms with Crippen LogP contribution in [-0.4, -0.2) is 16.2 Å². The Labute approximate surface area is 140 Å². The van der Waals surface area contributed by atoms with E-state index in [1.54, 1.807) is 29.7 Å². The van der Waals surface area contributed by atoms with E-state index in [1.807, 2.05) is 54.6 Å². The molecule has 0 saturated carbocycles. The Morgan fingerprint density at radius 1 is 0.750 bits per heavy atom. The molecule has 0 aromatic heterocycles. The summed E-state index contributed by atoms with van der Waals surface area (Å²) in [7, 11) is 0. The zero-order valence-corrected chi connectivity index (χ0v) is 12.9. The third-order valence-electron chi connectivity index (χ3n) is 3.92. The van der Waals surface area contributed by atoms with Gasteiger partial charge in [-0.3, -0.25) is 10.0 Å². The number of nitrogens with one attached hydrogen (secondary N) is 1. The Balaban J connectivity index is 1.80. The number of rotatable bonds is 4. The first kappa shape index (κ1) is 15.9. The second-order valence-corrected chi connectivity index (χ2v) is 5.45. The number of amides is 1. The van der Waals surface area contributed by atoms with Crippen molar-refractivity contribution >= 4 is 5.91 Å². The minimum Gasteiger partial charge on any atom is -0.384 e. The molecule has 3 N–H and O–H groups in total. The van der Waals surface area contributed by atoms with E-state index in [0.717, 1.165) is 16.7 Å². The van der Waals surface area contributed by atoms with Crippen molar-refractivity contribution in [1.82, 2.24) is 5.48 Å². The molecule has 1 unspecified atom stereocenters. The molecular weight excluding hydrogens is 302 g/mol. The average Bonchev–Trinajstić information content (AvgIpc) is 2.68. The van der Waals surface area contributed by atoms with Crippen molar-refractivity contribution in [2.45, 2.75) is 6.10 Å². The van der Waals surface area contributed by atoms with Gasteiger partial charge in [-0.2, -0.15) is 0 Å². The highest BCUT2D eigenvalue weighted by atomic mass is 16.5. The Morgan fingerprint density at radius 3 is 1.79 bits per heavy atom. The van der Waals surface area contributed by atoms with E-state index in [2.05, 4.69) is 0 Å². The molecule has 1 amide bonds. The summed E-state index contributed by atoms with van der Waals surface area (Å²) >= 11 is 0. The van der Waals surface area contributed by atoms with E-state index in [4.69, 9.17) is 5.21 Å². The molecule has 4 heteroatoms. The van der Waals surface area contributed by atoms with Crippen LogP contribution in [0, 0.1) is 0 Å². The van der Waals surface area contributed by atoms with Crippen LogP contribution in [0.25, 0.3) is 11.1 Å². The lowest BCUT2D eigenvalue weighted by atomic mass is 9.97. The quantitative estimate of drug-likeness (QED) is 0.509. The van der Waals surface area contributed by atoms with Gasteiger partial charge >= 0.3 is 0 Å². The number of carbonyl (C=O) groups is 1. The molecule has 0 aliphatic heterocycles. The number of hydrogen-bond donors (Lipinski definition) is 3.